The van der Waals surface area contributed by atoms with E-state index < -0.39 is 11.6 Å². The van der Waals surface area contributed by atoms with E-state index in [1.807, 2.05) is 30.3 Å². The average Bonchev–Trinajstić information content (AvgIpc) is 2.61. The van der Waals surface area contributed by atoms with E-state index in [1.54, 1.807) is 4.90 Å². The molecule has 0 aromatic heterocycles. The fourth-order valence-electron chi connectivity index (χ4n) is 2.48. The lowest BCUT2D eigenvalue weighted by atomic mass is 10.2. The van der Waals surface area contributed by atoms with E-state index in [4.69, 9.17) is 5.73 Å². The Morgan fingerprint density at radius 3 is 2.28 bits per heavy atom. The molecule has 1 aliphatic rings. The molecule has 0 aliphatic carbocycles. The highest BCUT2D eigenvalue weighted by Gasteiger charge is 2.19. The number of halogens is 2. The number of piperazine rings is 1. The summed E-state index contributed by atoms with van der Waals surface area (Å²) in [4.78, 5) is 11.5. The number of hydrogen-bond donors (Lipinski definition) is 2. The number of rotatable bonds is 4. The second kappa shape index (κ2) is 9.58. The first-order valence-electron chi connectivity index (χ1n) is 7.91. The molecule has 1 saturated heterocycles. The van der Waals surface area contributed by atoms with E-state index in [9.17, 15) is 13.6 Å². The summed E-state index contributed by atoms with van der Waals surface area (Å²) < 4.78 is 31.6. The summed E-state index contributed by atoms with van der Waals surface area (Å²) in [6.07, 6.45) is 0. The number of nitrogens with two attached hydrogens (primary N) is 1. The van der Waals surface area contributed by atoms with Gasteiger partial charge in [-0.1, -0.05) is 30.3 Å². The maximum absolute atomic E-state index is 13.5. The maximum Gasteiger partial charge on any atom is 0.293 e. The van der Waals surface area contributed by atoms with E-state index in [0.717, 1.165) is 30.8 Å². The summed E-state index contributed by atoms with van der Waals surface area (Å²) in [6.45, 7) is 3.51. The number of nitrogens with zero attached hydrogens (tertiary/aromatic N) is 1. The zero-order chi connectivity index (χ0) is 18.1. The van der Waals surface area contributed by atoms with Crippen LogP contribution in [0.25, 0.3) is 0 Å². The molecule has 25 heavy (non-hydrogen) atoms. The van der Waals surface area contributed by atoms with Gasteiger partial charge in [0.1, 0.15) is 12.3 Å². The molecule has 0 unspecified atom stereocenters. The molecule has 0 saturated carbocycles. The molecule has 0 atom stereocenters. The molecule has 1 aliphatic heterocycles. The molecule has 0 amide bonds. The minimum Gasteiger partial charge on any atom is -0.463 e. The van der Waals surface area contributed by atoms with Gasteiger partial charge in [-0.25, -0.2) is 8.78 Å². The fourth-order valence-corrected chi connectivity index (χ4v) is 2.48. The van der Waals surface area contributed by atoms with Gasteiger partial charge >= 0.3 is 0 Å². The first-order chi connectivity index (χ1) is 12.1. The molecule has 2 aromatic carbocycles. The van der Waals surface area contributed by atoms with Gasteiger partial charge in [0.25, 0.3) is 6.47 Å². The number of carbonyl (C=O) groups is 1. The molecule has 134 valence electrons. The van der Waals surface area contributed by atoms with E-state index in [-0.39, 0.29) is 11.4 Å². The standard InChI is InChI=1S/C10H13F2N3.C8H8O2/c11-8-5-7(13)6-9(12)10(8)15-3-1-14-2-4-15;9-7-10-6-8-4-2-1-3-5-8/h5-6,14H,1-4,13H2;1-5,7H,6H2. The van der Waals surface area contributed by atoms with Gasteiger partial charge < -0.3 is 20.7 Å². The van der Waals surface area contributed by atoms with Crippen LogP contribution in [-0.4, -0.2) is 32.7 Å². The quantitative estimate of drug-likeness (QED) is 0.655. The molecule has 3 rings (SSSR count). The number of anilines is 2. The number of nitrogens with one attached hydrogen (secondary N) is 1. The van der Waals surface area contributed by atoms with E-state index in [0.29, 0.717) is 26.2 Å². The smallest absolute Gasteiger partial charge is 0.293 e. The predicted molar refractivity (Wildman–Crippen MR) is 93.1 cm³/mol. The van der Waals surface area contributed by atoms with Gasteiger partial charge in [-0.2, -0.15) is 0 Å². The third-order valence-electron chi connectivity index (χ3n) is 3.63. The Balaban J connectivity index is 0.000000196. The average molecular weight is 349 g/mol. The molecular formula is C18H21F2N3O2. The highest BCUT2D eigenvalue weighted by molar-refractivity contribution is 5.56. The second-order valence-corrected chi connectivity index (χ2v) is 5.46. The van der Waals surface area contributed by atoms with E-state index in [2.05, 4.69) is 10.1 Å². The van der Waals surface area contributed by atoms with Crippen LogP contribution in [-0.2, 0) is 16.1 Å². The molecule has 2 aromatic rings. The first-order valence-corrected chi connectivity index (χ1v) is 7.91. The van der Waals surface area contributed by atoms with Crippen LogP contribution in [0.3, 0.4) is 0 Å². The van der Waals surface area contributed by atoms with Gasteiger partial charge in [-0.05, 0) is 17.7 Å². The first kappa shape index (κ1) is 18.7. The fraction of sp³-hybridized carbons (Fsp3) is 0.278. The molecule has 1 fully saturated rings. The van der Waals surface area contributed by atoms with Crippen LogP contribution in [0.1, 0.15) is 5.56 Å². The van der Waals surface area contributed by atoms with Crippen LogP contribution in [0.5, 0.6) is 0 Å². The minimum atomic E-state index is -0.589. The molecule has 0 bridgehead atoms. The molecule has 7 heteroatoms. The van der Waals surface area contributed by atoms with E-state index in [1.165, 1.54) is 0 Å². The van der Waals surface area contributed by atoms with Crippen molar-refractivity contribution in [3.8, 4) is 0 Å². The lowest BCUT2D eigenvalue weighted by molar-refractivity contribution is -0.129. The Labute approximate surface area is 145 Å². The third-order valence-corrected chi connectivity index (χ3v) is 3.63. The third kappa shape index (κ3) is 5.72. The zero-order valence-corrected chi connectivity index (χ0v) is 13.8. The van der Waals surface area contributed by atoms with Gasteiger partial charge in [0.2, 0.25) is 0 Å². The lowest BCUT2D eigenvalue weighted by Crippen LogP contribution is -2.44. The molecular weight excluding hydrogens is 328 g/mol. The topological polar surface area (TPSA) is 67.6 Å². The summed E-state index contributed by atoms with van der Waals surface area (Å²) in [5.41, 5.74) is 6.50. The van der Waals surface area contributed by atoms with Gasteiger partial charge in [-0.15, -0.1) is 0 Å². The molecule has 0 radical (unpaired) electrons. The maximum atomic E-state index is 13.5. The summed E-state index contributed by atoms with van der Waals surface area (Å²) in [6, 6.07) is 11.9. The Morgan fingerprint density at radius 2 is 1.72 bits per heavy atom. The van der Waals surface area contributed by atoms with Crippen molar-refractivity contribution in [2.24, 2.45) is 0 Å². The van der Waals surface area contributed by atoms with Gasteiger partial charge in [0, 0.05) is 31.9 Å². The van der Waals surface area contributed by atoms with Crippen molar-refractivity contribution in [2.45, 2.75) is 6.61 Å². The summed E-state index contributed by atoms with van der Waals surface area (Å²) in [5.74, 6) is -1.18. The Morgan fingerprint density at radius 1 is 1.12 bits per heavy atom. The second-order valence-electron chi connectivity index (χ2n) is 5.46. The van der Waals surface area contributed by atoms with Crippen LogP contribution in [0, 0.1) is 11.6 Å². The molecule has 3 N–H and O–H groups in total. The summed E-state index contributed by atoms with van der Waals surface area (Å²) in [7, 11) is 0. The van der Waals surface area contributed by atoms with Gasteiger partial charge in [-0.3, -0.25) is 4.79 Å². The molecule has 5 nitrogen and oxygen atoms in total. The summed E-state index contributed by atoms with van der Waals surface area (Å²) >= 11 is 0. The highest BCUT2D eigenvalue weighted by atomic mass is 19.1. The summed E-state index contributed by atoms with van der Waals surface area (Å²) in [5, 5.41) is 3.12. The monoisotopic (exact) mass is 349 g/mol. The zero-order valence-electron chi connectivity index (χ0n) is 13.8. The molecule has 1 heterocycles. The van der Waals surface area contributed by atoms with Crippen molar-refractivity contribution in [1.82, 2.24) is 5.32 Å². The Bertz CT molecular complexity index is 654. The number of ether oxygens (including phenoxy) is 1. The number of hydrogen-bond acceptors (Lipinski definition) is 5. The van der Waals surface area contributed by atoms with Gasteiger partial charge in [0.05, 0.1) is 0 Å². The number of carbonyl (C=O) groups excluding carboxylic acids is 1. The normalized spacial score (nSPS) is 13.6. The van der Waals surface area contributed by atoms with Crippen molar-refractivity contribution in [3.63, 3.8) is 0 Å². The largest absolute Gasteiger partial charge is 0.463 e. The number of nitrogen functional groups attached to an aromatic ring is 1. The predicted octanol–water partition coefficient (Wildman–Crippen LogP) is 2.32. The van der Waals surface area contributed by atoms with Crippen molar-refractivity contribution in [3.05, 3.63) is 59.7 Å². The van der Waals surface area contributed by atoms with Crippen molar-refractivity contribution in [2.75, 3.05) is 36.8 Å². The van der Waals surface area contributed by atoms with Crippen LogP contribution in [0.4, 0.5) is 20.2 Å². The lowest BCUT2D eigenvalue weighted by Gasteiger charge is -2.30. The van der Waals surface area contributed by atoms with E-state index >= 15 is 0 Å². The SMILES string of the molecule is Nc1cc(F)c(N2CCNCC2)c(F)c1.O=COCc1ccccc1. The van der Waals surface area contributed by atoms with Crippen molar-refractivity contribution in [1.29, 1.82) is 0 Å². The van der Waals surface area contributed by atoms with Crippen molar-refractivity contribution >= 4 is 17.8 Å². The van der Waals surface area contributed by atoms with Crippen molar-refractivity contribution < 1.29 is 18.3 Å². The van der Waals surface area contributed by atoms with Crippen LogP contribution in [0.2, 0.25) is 0 Å². The van der Waals surface area contributed by atoms with Crippen LogP contribution < -0.4 is 16.0 Å². The minimum absolute atomic E-state index is 0.0331. The number of benzene rings is 2. The Kier molecular flexibility index (Phi) is 7.16. The van der Waals surface area contributed by atoms with Gasteiger partial charge in [0.15, 0.2) is 11.6 Å². The van der Waals surface area contributed by atoms with Crippen LogP contribution >= 0.6 is 0 Å². The highest BCUT2D eigenvalue weighted by Crippen LogP contribution is 2.26. The Hall–Kier alpha value is -2.67. The molecule has 0 spiro atoms. The van der Waals surface area contributed by atoms with Crippen LogP contribution in [0.15, 0.2) is 42.5 Å².